The molecule has 0 bridgehead atoms. The topological polar surface area (TPSA) is 25.2 Å². The van der Waals surface area contributed by atoms with Crippen LogP contribution < -0.4 is 5.32 Å². The SMILES string of the molecule is CC[C@@H](Cc1cc(F)c2c(F)coc2c1)NC. The molecule has 0 aliphatic carbocycles. The highest BCUT2D eigenvalue weighted by molar-refractivity contribution is 5.79. The summed E-state index contributed by atoms with van der Waals surface area (Å²) in [5.41, 5.74) is 1.08. The van der Waals surface area contributed by atoms with E-state index in [-0.39, 0.29) is 17.0 Å². The van der Waals surface area contributed by atoms with Gasteiger partial charge in [-0.15, -0.1) is 0 Å². The van der Waals surface area contributed by atoms with Crippen molar-refractivity contribution in [1.82, 2.24) is 5.32 Å². The van der Waals surface area contributed by atoms with Gasteiger partial charge in [0.25, 0.3) is 0 Å². The molecule has 0 aliphatic heterocycles. The lowest BCUT2D eigenvalue weighted by Crippen LogP contribution is -2.26. The number of hydrogen-bond donors (Lipinski definition) is 1. The molecule has 0 saturated heterocycles. The van der Waals surface area contributed by atoms with E-state index < -0.39 is 11.6 Å². The zero-order valence-electron chi connectivity index (χ0n) is 9.89. The maximum Gasteiger partial charge on any atom is 0.172 e. The van der Waals surface area contributed by atoms with Crippen LogP contribution in [0.2, 0.25) is 0 Å². The average Bonchev–Trinajstić information content (AvgIpc) is 2.68. The van der Waals surface area contributed by atoms with Crippen molar-refractivity contribution in [2.45, 2.75) is 25.8 Å². The van der Waals surface area contributed by atoms with Gasteiger partial charge in [-0.05, 0) is 37.6 Å². The third-order valence-corrected chi connectivity index (χ3v) is 3.03. The molecule has 0 saturated carbocycles. The number of furan rings is 1. The number of hydrogen-bond acceptors (Lipinski definition) is 2. The van der Waals surface area contributed by atoms with E-state index in [9.17, 15) is 8.78 Å². The van der Waals surface area contributed by atoms with E-state index in [1.807, 2.05) is 7.05 Å². The van der Waals surface area contributed by atoms with E-state index in [0.29, 0.717) is 6.42 Å². The second-order valence-corrected chi connectivity index (χ2v) is 4.13. The lowest BCUT2D eigenvalue weighted by atomic mass is 10.0. The Kier molecular flexibility index (Phi) is 3.43. The molecule has 0 fully saturated rings. The van der Waals surface area contributed by atoms with Gasteiger partial charge in [-0.1, -0.05) is 6.92 Å². The monoisotopic (exact) mass is 239 g/mol. The molecule has 92 valence electrons. The molecule has 17 heavy (non-hydrogen) atoms. The second-order valence-electron chi connectivity index (χ2n) is 4.13. The Hall–Kier alpha value is -1.42. The Morgan fingerprint density at radius 2 is 2.06 bits per heavy atom. The molecule has 2 nitrogen and oxygen atoms in total. The van der Waals surface area contributed by atoms with Gasteiger partial charge in [-0.2, -0.15) is 0 Å². The van der Waals surface area contributed by atoms with Gasteiger partial charge in [-0.3, -0.25) is 0 Å². The van der Waals surface area contributed by atoms with E-state index in [2.05, 4.69) is 12.2 Å². The van der Waals surface area contributed by atoms with Crippen molar-refractivity contribution < 1.29 is 13.2 Å². The van der Waals surface area contributed by atoms with Gasteiger partial charge in [0.05, 0.1) is 5.39 Å². The highest BCUT2D eigenvalue weighted by atomic mass is 19.1. The average molecular weight is 239 g/mol. The number of rotatable bonds is 4. The summed E-state index contributed by atoms with van der Waals surface area (Å²) in [5.74, 6) is -1.21. The van der Waals surface area contributed by atoms with E-state index >= 15 is 0 Å². The molecule has 0 amide bonds. The minimum absolute atomic E-state index is 0.0637. The molecule has 1 aromatic carbocycles. The van der Waals surface area contributed by atoms with Gasteiger partial charge in [0.15, 0.2) is 5.82 Å². The van der Waals surface area contributed by atoms with Crippen molar-refractivity contribution in [1.29, 1.82) is 0 Å². The van der Waals surface area contributed by atoms with Crippen molar-refractivity contribution in [2.75, 3.05) is 7.05 Å². The minimum atomic E-state index is -0.648. The van der Waals surface area contributed by atoms with Crippen LogP contribution in [0, 0.1) is 11.6 Å². The number of fused-ring (bicyclic) bond motifs is 1. The van der Waals surface area contributed by atoms with Crippen molar-refractivity contribution >= 4 is 11.0 Å². The zero-order chi connectivity index (χ0) is 12.4. The Morgan fingerprint density at radius 1 is 1.29 bits per heavy atom. The van der Waals surface area contributed by atoms with E-state index in [1.165, 1.54) is 6.07 Å². The molecule has 0 unspecified atom stereocenters. The largest absolute Gasteiger partial charge is 0.461 e. The van der Waals surface area contributed by atoms with Crippen LogP contribution in [0.1, 0.15) is 18.9 Å². The maximum atomic E-state index is 13.7. The van der Waals surface area contributed by atoms with Gasteiger partial charge >= 0.3 is 0 Å². The van der Waals surface area contributed by atoms with Gasteiger partial charge in [0.2, 0.25) is 0 Å². The van der Waals surface area contributed by atoms with Gasteiger partial charge in [-0.25, -0.2) is 8.78 Å². The smallest absolute Gasteiger partial charge is 0.172 e. The summed E-state index contributed by atoms with van der Waals surface area (Å²) in [7, 11) is 1.87. The first-order chi connectivity index (χ1) is 8.15. The van der Waals surface area contributed by atoms with Crippen LogP contribution in [-0.4, -0.2) is 13.1 Å². The summed E-state index contributed by atoms with van der Waals surface area (Å²) in [6.07, 6.45) is 2.58. The molecule has 1 aromatic heterocycles. The number of benzene rings is 1. The fraction of sp³-hybridized carbons (Fsp3) is 0.385. The standard InChI is InChI=1S/C13H15F2NO/c1-3-9(16-2)4-8-5-10(14)13-11(15)7-17-12(13)6-8/h5-7,9,16H,3-4H2,1-2H3/t9-/m0/s1. The summed E-state index contributed by atoms with van der Waals surface area (Å²) in [4.78, 5) is 0. The second kappa shape index (κ2) is 4.84. The number of nitrogens with one attached hydrogen (secondary N) is 1. The maximum absolute atomic E-state index is 13.7. The molecule has 0 spiro atoms. The first-order valence-corrected chi connectivity index (χ1v) is 5.68. The lowest BCUT2D eigenvalue weighted by Gasteiger charge is -2.13. The summed E-state index contributed by atoms with van der Waals surface area (Å²) >= 11 is 0. The van der Waals surface area contributed by atoms with E-state index in [1.54, 1.807) is 6.07 Å². The van der Waals surface area contributed by atoms with E-state index in [4.69, 9.17) is 4.42 Å². The summed E-state index contributed by atoms with van der Waals surface area (Å²) in [6, 6.07) is 3.36. The molecular weight excluding hydrogens is 224 g/mol. The summed E-state index contributed by atoms with van der Waals surface area (Å²) < 4.78 is 31.8. The van der Waals surface area contributed by atoms with Crippen LogP contribution in [-0.2, 0) is 6.42 Å². The van der Waals surface area contributed by atoms with E-state index in [0.717, 1.165) is 18.2 Å². The van der Waals surface area contributed by atoms with Crippen molar-refractivity contribution in [3.63, 3.8) is 0 Å². The third kappa shape index (κ3) is 2.31. The fourth-order valence-corrected chi connectivity index (χ4v) is 1.99. The predicted molar refractivity (Wildman–Crippen MR) is 63.0 cm³/mol. The van der Waals surface area contributed by atoms with Crippen LogP contribution >= 0.6 is 0 Å². The molecule has 0 radical (unpaired) electrons. The molecule has 4 heteroatoms. The van der Waals surface area contributed by atoms with Crippen LogP contribution in [0.15, 0.2) is 22.8 Å². The molecule has 2 aromatic rings. The number of likely N-dealkylation sites (N-methyl/N-ethyl adjacent to an activating group) is 1. The lowest BCUT2D eigenvalue weighted by molar-refractivity contribution is 0.540. The van der Waals surface area contributed by atoms with Crippen LogP contribution in [0.25, 0.3) is 11.0 Å². The highest BCUT2D eigenvalue weighted by Crippen LogP contribution is 2.25. The van der Waals surface area contributed by atoms with Gasteiger partial charge in [0, 0.05) is 6.04 Å². The molecule has 1 N–H and O–H groups in total. The summed E-state index contributed by atoms with van der Waals surface area (Å²) in [6.45, 7) is 2.06. The molecule has 2 rings (SSSR count). The quantitative estimate of drug-likeness (QED) is 0.886. The summed E-state index contributed by atoms with van der Waals surface area (Å²) in [5, 5.41) is 3.08. The Morgan fingerprint density at radius 3 is 2.71 bits per heavy atom. The normalized spacial score (nSPS) is 13.2. The molecule has 1 heterocycles. The Balaban J connectivity index is 2.37. The van der Waals surface area contributed by atoms with Gasteiger partial charge in [0.1, 0.15) is 17.7 Å². The first-order valence-electron chi connectivity index (χ1n) is 5.68. The fourth-order valence-electron chi connectivity index (χ4n) is 1.99. The number of halogens is 2. The highest BCUT2D eigenvalue weighted by Gasteiger charge is 2.14. The minimum Gasteiger partial charge on any atom is -0.461 e. The predicted octanol–water partition coefficient (Wildman–Crippen LogP) is 3.25. The van der Waals surface area contributed by atoms with Crippen molar-refractivity contribution in [2.24, 2.45) is 0 Å². The molecule has 1 atom stereocenters. The first kappa shape index (κ1) is 12.0. The molecular formula is C13H15F2NO. The zero-order valence-corrected chi connectivity index (χ0v) is 9.89. The van der Waals surface area contributed by atoms with Crippen LogP contribution in [0.5, 0.6) is 0 Å². The van der Waals surface area contributed by atoms with Crippen LogP contribution in [0.4, 0.5) is 8.78 Å². The van der Waals surface area contributed by atoms with Crippen LogP contribution in [0.3, 0.4) is 0 Å². The van der Waals surface area contributed by atoms with Crippen molar-refractivity contribution in [3.05, 3.63) is 35.6 Å². The Bertz CT molecular complexity index is 517. The van der Waals surface area contributed by atoms with Crippen molar-refractivity contribution in [3.8, 4) is 0 Å². The van der Waals surface area contributed by atoms with Gasteiger partial charge < -0.3 is 9.73 Å². The third-order valence-electron chi connectivity index (χ3n) is 3.03. The molecule has 0 aliphatic rings. The Labute approximate surface area is 98.6 Å².